The molecule has 0 aliphatic carbocycles. The highest BCUT2D eigenvalue weighted by Crippen LogP contribution is 2.17. The van der Waals surface area contributed by atoms with Crippen LogP contribution in [0.3, 0.4) is 0 Å². The number of unbranched alkanes of at least 4 members (excludes halogenated alkanes) is 1. The predicted molar refractivity (Wildman–Crippen MR) is 81.5 cm³/mol. The van der Waals surface area contributed by atoms with Crippen LogP contribution in [-0.2, 0) is 0 Å². The number of nitrogens with one attached hydrogen (secondary N) is 1. The van der Waals surface area contributed by atoms with E-state index >= 15 is 0 Å². The maximum absolute atomic E-state index is 12.0. The number of amides is 1. The highest BCUT2D eigenvalue weighted by Gasteiger charge is 2.10. The van der Waals surface area contributed by atoms with Gasteiger partial charge in [-0.2, -0.15) is 0 Å². The van der Waals surface area contributed by atoms with Crippen LogP contribution in [0, 0.1) is 5.92 Å². The summed E-state index contributed by atoms with van der Waals surface area (Å²) < 4.78 is 0. The van der Waals surface area contributed by atoms with E-state index in [1.165, 1.54) is 12.8 Å². The SMILES string of the molecule is CCCCC(CC)CNC(=O)c1cc(N)cc(Cl)c1. The Morgan fingerprint density at radius 1 is 1.37 bits per heavy atom. The molecule has 1 amide bonds. The maximum Gasteiger partial charge on any atom is 0.251 e. The van der Waals surface area contributed by atoms with Crippen molar-refractivity contribution in [1.29, 1.82) is 0 Å². The molecule has 0 aromatic heterocycles. The lowest BCUT2D eigenvalue weighted by atomic mass is 9.99. The molecule has 0 aliphatic rings. The summed E-state index contributed by atoms with van der Waals surface area (Å²) in [7, 11) is 0. The molecule has 1 aromatic rings. The van der Waals surface area contributed by atoms with Gasteiger partial charge in [0.15, 0.2) is 0 Å². The maximum atomic E-state index is 12.0. The fourth-order valence-corrected chi connectivity index (χ4v) is 2.27. The van der Waals surface area contributed by atoms with Gasteiger partial charge in [-0.3, -0.25) is 4.79 Å². The number of benzene rings is 1. The van der Waals surface area contributed by atoms with E-state index < -0.39 is 0 Å². The molecule has 3 nitrogen and oxygen atoms in total. The summed E-state index contributed by atoms with van der Waals surface area (Å²) in [5, 5.41) is 3.45. The van der Waals surface area contributed by atoms with Crippen molar-refractivity contribution in [2.45, 2.75) is 39.5 Å². The lowest BCUT2D eigenvalue weighted by Crippen LogP contribution is -2.29. The minimum absolute atomic E-state index is 0.107. The van der Waals surface area contributed by atoms with E-state index in [1.54, 1.807) is 18.2 Å². The van der Waals surface area contributed by atoms with Crippen LogP contribution in [0.4, 0.5) is 5.69 Å². The number of nitrogens with two attached hydrogens (primary N) is 1. The second kappa shape index (κ2) is 8.05. The Labute approximate surface area is 120 Å². The number of carbonyl (C=O) groups excluding carboxylic acids is 1. The van der Waals surface area contributed by atoms with Gasteiger partial charge >= 0.3 is 0 Å². The Hall–Kier alpha value is -1.22. The number of nitrogen functional groups attached to an aromatic ring is 1. The van der Waals surface area contributed by atoms with E-state index in [4.69, 9.17) is 17.3 Å². The fraction of sp³-hybridized carbons (Fsp3) is 0.533. The molecule has 0 bridgehead atoms. The van der Waals surface area contributed by atoms with Crippen LogP contribution < -0.4 is 11.1 Å². The third-order valence-electron chi connectivity index (χ3n) is 3.28. The first-order chi connectivity index (χ1) is 9.06. The Morgan fingerprint density at radius 2 is 2.11 bits per heavy atom. The average Bonchev–Trinajstić information content (AvgIpc) is 2.37. The zero-order valence-corrected chi connectivity index (χ0v) is 12.5. The monoisotopic (exact) mass is 282 g/mol. The lowest BCUT2D eigenvalue weighted by molar-refractivity contribution is 0.0946. The zero-order chi connectivity index (χ0) is 14.3. The number of hydrogen-bond acceptors (Lipinski definition) is 2. The minimum Gasteiger partial charge on any atom is -0.399 e. The van der Waals surface area contributed by atoms with Crippen LogP contribution in [-0.4, -0.2) is 12.5 Å². The molecule has 0 fully saturated rings. The largest absolute Gasteiger partial charge is 0.399 e. The van der Waals surface area contributed by atoms with Crippen molar-refractivity contribution >= 4 is 23.2 Å². The van der Waals surface area contributed by atoms with E-state index in [1.807, 2.05) is 0 Å². The number of hydrogen-bond donors (Lipinski definition) is 2. The molecule has 1 atom stereocenters. The van der Waals surface area contributed by atoms with Crippen molar-refractivity contribution < 1.29 is 4.79 Å². The van der Waals surface area contributed by atoms with Crippen molar-refractivity contribution in [3.05, 3.63) is 28.8 Å². The van der Waals surface area contributed by atoms with Crippen LogP contribution in [0.2, 0.25) is 5.02 Å². The molecule has 1 aromatic carbocycles. The highest BCUT2D eigenvalue weighted by molar-refractivity contribution is 6.31. The van der Waals surface area contributed by atoms with E-state index in [2.05, 4.69) is 19.2 Å². The molecule has 3 N–H and O–H groups in total. The molecule has 0 aliphatic heterocycles. The highest BCUT2D eigenvalue weighted by atomic mass is 35.5. The van der Waals surface area contributed by atoms with E-state index in [0.29, 0.717) is 28.7 Å². The number of anilines is 1. The van der Waals surface area contributed by atoms with Crippen molar-refractivity contribution in [2.24, 2.45) is 5.92 Å². The van der Waals surface area contributed by atoms with E-state index in [9.17, 15) is 4.79 Å². The van der Waals surface area contributed by atoms with Gasteiger partial charge in [0.2, 0.25) is 0 Å². The van der Waals surface area contributed by atoms with Crippen molar-refractivity contribution in [2.75, 3.05) is 12.3 Å². The number of carbonyl (C=O) groups is 1. The van der Waals surface area contributed by atoms with Gasteiger partial charge in [-0.05, 0) is 30.5 Å². The average molecular weight is 283 g/mol. The van der Waals surface area contributed by atoms with Gasteiger partial charge in [-0.25, -0.2) is 0 Å². The smallest absolute Gasteiger partial charge is 0.251 e. The van der Waals surface area contributed by atoms with Gasteiger partial charge in [0.25, 0.3) is 5.91 Å². The van der Waals surface area contributed by atoms with Gasteiger partial charge in [0, 0.05) is 22.8 Å². The molecule has 4 heteroatoms. The first-order valence-electron chi connectivity index (χ1n) is 6.91. The summed E-state index contributed by atoms with van der Waals surface area (Å²) in [4.78, 5) is 12.0. The summed E-state index contributed by atoms with van der Waals surface area (Å²) in [5.74, 6) is 0.435. The van der Waals surface area contributed by atoms with Crippen LogP contribution >= 0.6 is 11.6 Å². The van der Waals surface area contributed by atoms with E-state index in [-0.39, 0.29) is 5.91 Å². The molecule has 0 radical (unpaired) electrons. The van der Waals surface area contributed by atoms with Crippen LogP contribution in [0.1, 0.15) is 49.9 Å². The molecule has 1 unspecified atom stereocenters. The van der Waals surface area contributed by atoms with Crippen molar-refractivity contribution in [1.82, 2.24) is 5.32 Å². The molecule has 1 rings (SSSR count). The molecule has 0 saturated heterocycles. The van der Waals surface area contributed by atoms with Gasteiger partial charge in [-0.15, -0.1) is 0 Å². The Bertz CT molecular complexity index is 400. The quantitative estimate of drug-likeness (QED) is 0.746. The number of halogens is 1. The van der Waals surface area contributed by atoms with Crippen molar-refractivity contribution in [3.63, 3.8) is 0 Å². The summed E-state index contributed by atoms with van der Waals surface area (Å²) in [5.41, 5.74) is 6.71. The van der Waals surface area contributed by atoms with Crippen LogP contribution in [0.5, 0.6) is 0 Å². The normalized spacial score (nSPS) is 12.2. The number of rotatable bonds is 7. The molecule has 106 valence electrons. The molecule has 0 heterocycles. The topological polar surface area (TPSA) is 55.1 Å². The molecular weight excluding hydrogens is 260 g/mol. The van der Waals surface area contributed by atoms with E-state index in [0.717, 1.165) is 12.8 Å². The van der Waals surface area contributed by atoms with Gasteiger partial charge < -0.3 is 11.1 Å². The third-order valence-corrected chi connectivity index (χ3v) is 3.50. The minimum atomic E-state index is -0.107. The predicted octanol–water partition coefficient (Wildman–Crippen LogP) is 3.87. The van der Waals surface area contributed by atoms with Gasteiger partial charge in [-0.1, -0.05) is 44.7 Å². The standard InChI is InChI=1S/C15H23ClN2O/c1-3-5-6-11(4-2)10-18-15(19)12-7-13(16)9-14(17)8-12/h7-9,11H,3-6,10,17H2,1-2H3,(H,18,19). The van der Waals surface area contributed by atoms with Crippen LogP contribution in [0.15, 0.2) is 18.2 Å². The van der Waals surface area contributed by atoms with Crippen molar-refractivity contribution in [3.8, 4) is 0 Å². The first kappa shape index (κ1) is 15.8. The summed E-state index contributed by atoms with van der Waals surface area (Å²) in [6.07, 6.45) is 4.64. The zero-order valence-electron chi connectivity index (χ0n) is 11.7. The Kier molecular flexibility index (Phi) is 6.71. The molecule has 19 heavy (non-hydrogen) atoms. The summed E-state index contributed by atoms with van der Waals surface area (Å²) in [6, 6.07) is 4.92. The van der Waals surface area contributed by atoms with Gasteiger partial charge in [0.05, 0.1) is 0 Å². The fourth-order valence-electron chi connectivity index (χ4n) is 2.03. The summed E-state index contributed by atoms with van der Waals surface area (Å²) in [6.45, 7) is 5.05. The lowest BCUT2D eigenvalue weighted by Gasteiger charge is -2.15. The third kappa shape index (κ3) is 5.52. The Balaban J connectivity index is 2.54. The Morgan fingerprint density at radius 3 is 2.68 bits per heavy atom. The second-order valence-electron chi connectivity index (χ2n) is 4.90. The molecule has 0 spiro atoms. The molecular formula is C15H23ClN2O. The van der Waals surface area contributed by atoms with Gasteiger partial charge in [0.1, 0.15) is 0 Å². The summed E-state index contributed by atoms with van der Waals surface area (Å²) >= 11 is 5.89. The van der Waals surface area contributed by atoms with Crippen LogP contribution in [0.25, 0.3) is 0 Å². The first-order valence-corrected chi connectivity index (χ1v) is 7.28. The molecule has 0 saturated carbocycles. The second-order valence-corrected chi connectivity index (χ2v) is 5.34.